The van der Waals surface area contributed by atoms with Gasteiger partial charge in [0.1, 0.15) is 0 Å². The first-order valence-corrected chi connectivity index (χ1v) is 7.79. The second kappa shape index (κ2) is 6.51. The van der Waals surface area contributed by atoms with Crippen molar-refractivity contribution in [2.45, 2.75) is 19.4 Å². The van der Waals surface area contributed by atoms with Crippen molar-refractivity contribution in [1.29, 1.82) is 0 Å². The zero-order valence-corrected chi connectivity index (χ0v) is 13.6. The van der Waals surface area contributed by atoms with Crippen LogP contribution in [-0.4, -0.2) is 16.2 Å². The largest absolute Gasteiger partial charge is 0.365 e. The molecule has 0 fully saturated rings. The molecular weight excluding hydrogens is 317 g/mol. The molecule has 0 spiro atoms. The standard InChI is InChI=1S/C17H15Cl2N3/c1-11(7-12-3-2-4-14(18)8-12)21-17-16-6-5-15(19)9-13(16)10-20-22-17/h2-6,8-11H,7H2,1H3,(H,21,22). The maximum absolute atomic E-state index is 6.03. The van der Waals surface area contributed by atoms with E-state index in [-0.39, 0.29) is 6.04 Å². The van der Waals surface area contributed by atoms with E-state index in [2.05, 4.69) is 28.5 Å². The molecule has 22 heavy (non-hydrogen) atoms. The molecule has 1 N–H and O–H groups in total. The van der Waals surface area contributed by atoms with Crippen LogP contribution in [0.1, 0.15) is 12.5 Å². The lowest BCUT2D eigenvalue weighted by Gasteiger charge is -2.15. The van der Waals surface area contributed by atoms with Gasteiger partial charge < -0.3 is 5.32 Å². The first-order chi connectivity index (χ1) is 10.6. The second-order valence-corrected chi connectivity index (χ2v) is 6.18. The molecular formula is C17H15Cl2N3. The zero-order chi connectivity index (χ0) is 15.5. The molecule has 0 saturated carbocycles. The Bertz CT molecular complexity index is 805. The second-order valence-electron chi connectivity index (χ2n) is 5.30. The number of rotatable bonds is 4. The van der Waals surface area contributed by atoms with Crippen molar-refractivity contribution in [3.05, 3.63) is 64.3 Å². The number of hydrogen-bond donors (Lipinski definition) is 1. The fourth-order valence-electron chi connectivity index (χ4n) is 2.47. The van der Waals surface area contributed by atoms with Crippen LogP contribution in [0.3, 0.4) is 0 Å². The Kier molecular flexibility index (Phi) is 4.46. The van der Waals surface area contributed by atoms with Crippen molar-refractivity contribution in [2.24, 2.45) is 0 Å². The zero-order valence-electron chi connectivity index (χ0n) is 12.1. The number of anilines is 1. The van der Waals surface area contributed by atoms with E-state index < -0.39 is 0 Å². The number of hydrogen-bond acceptors (Lipinski definition) is 3. The van der Waals surface area contributed by atoms with Crippen LogP contribution in [0.5, 0.6) is 0 Å². The average molecular weight is 332 g/mol. The summed E-state index contributed by atoms with van der Waals surface area (Å²) < 4.78 is 0. The molecule has 0 saturated heterocycles. The topological polar surface area (TPSA) is 37.8 Å². The van der Waals surface area contributed by atoms with Crippen molar-refractivity contribution in [3.8, 4) is 0 Å². The highest BCUT2D eigenvalue weighted by Crippen LogP contribution is 2.24. The molecule has 3 nitrogen and oxygen atoms in total. The summed E-state index contributed by atoms with van der Waals surface area (Å²) in [5.74, 6) is 0.767. The molecule has 1 aromatic heterocycles. The Balaban J connectivity index is 1.80. The third-order valence-corrected chi connectivity index (χ3v) is 3.91. The number of nitrogens with one attached hydrogen (secondary N) is 1. The Morgan fingerprint density at radius 3 is 2.73 bits per heavy atom. The van der Waals surface area contributed by atoms with Crippen LogP contribution >= 0.6 is 23.2 Å². The van der Waals surface area contributed by atoms with E-state index in [1.54, 1.807) is 6.20 Å². The summed E-state index contributed by atoms with van der Waals surface area (Å²) in [6.07, 6.45) is 2.57. The summed E-state index contributed by atoms with van der Waals surface area (Å²) in [6.45, 7) is 2.11. The maximum atomic E-state index is 6.03. The van der Waals surface area contributed by atoms with Crippen molar-refractivity contribution in [1.82, 2.24) is 10.2 Å². The van der Waals surface area contributed by atoms with E-state index in [9.17, 15) is 0 Å². The molecule has 3 rings (SSSR count). The van der Waals surface area contributed by atoms with Crippen LogP contribution in [0.2, 0.25) is 10.0 Å². The molecule has 0 bridgehead atoms. The van der Waals surface area contributed by atoms with Gasteiger partial charge in [-0.3, -0.25) is 0 Å². The van der Waals surface area contributed by atoms with Crippen LogP contribution < -0.4 is 5.32 Å². The van der Waals surface area contributed by atoms with Gasteiger partial charge in [0, 0.05) is 26.9 Å². The first kappa shape index (κ1) is 15.1. The Morgan fingerprint density at radius 2 is 1.91 bits per heavy atom. The smallest absolute Gasteiger partial charge is 0.156 e. The van der Waals surface area contributed by atoms with E-state index in [1.807, 2.05) is 36.4 Å². The van der Waals surface area contributed by atoms with E-state index in [1.165, 1.54) is 5.56 Å². The van der Waals surface area contributed by atoms with E-state index >= 15 is 0 Å². The summed E-state index contributed by atoms with van der Waals surface area (Å²) in [6, 6.07) is 13.8. The van der Waals surface area contributed by atoms with Crippen LogP contribution in [0.4, 0.5) is 5.82 Å². The highest BCUT2D eigenvalue weighted by Gasteiger charge is 2.09. The molecule has 1 unspecified atom stereocenters. The van der Waals surface area contributed by atoms with Crippen molar-refractivity contribution in [2.75, 3.05) is 5.32 Å². The SMILES string of the molecule is CC(Cc1cccc(Cl)c1)Nc1nncc2cc(Cl)ccc12. The number of aromatic nitrogens is 2. The van der Waals surface area contributed by atoms with Crippen molar-refractivity contribution < 1.29 is 0 Å². The number of halogens is 2. The summed E-state index contributed by atoms with van der Waals surface area (Å²) in [4.78, 5) is 0. The van der Waals surface area contributed by atoms with Gasteiger partial charge in [-0.1, -0.05) is 35.3 Å². The molecule has 0 aliphatic carbocycles. The van der Waals surface area contributed by atoms with Crippen molar-refractivity contribution >= 4 is 39.8 Å². The summed E-state index contributed by atoms with van der Waals surface area (Å²) in [5.41, 5.74) is 1.18. The van der Waals surface area contributed by atoms with E-state index in [0.29, 0.717) is 5.02 Å². The molecule has 1 atom stereocenters. The van der Waals surface area contributed by atoms with Gasteiger partial charge in [0.2, 0.25) is 0 Å². The normalized spacial score (nSPS) is 12.3. The Morgan fingerprint density at radius 1 is 1.09 bits per heavy atom. The fourth-order valence-corrected chi connectivity index (χ4v) is 2.86. The third-order valence-electron chi connectivity index (χ3n) is 3.44. The number of fused-ring (bicyclic) bond motifs is 1. The van der Waals surface area contributed by atoms with Crippen LogP contribution in [0.25, 0.3) is 10.8 Å². The molecule has 5 heteroatoms. The minimum absolute atomic E-state index is 0.203. The molecule has 0 aliphatic rings. The van der Waals surface area contributed by atoms with Gasteiger partial charge >= 0.3 is 0 Å². The third kappa shape index (κ3) is 3.49. The molecule has 0 aliphatic heterocycles. The Hall–Kier alpha value is -1.84. The van der Waals surface area contributed by atoms with Crippen LogP contribution in [0, 0.1) is 0 Å². The lowest BCUT2D eigenvalue weighted by Crippen LogP contribution is -2.19. The number of benzene rings is 2. The highest BCUT2D eigenvalue weighted by atomic mass is 35.5. The van der Waals surface area contributed by atoms with E-state index in [0.717, 1.165) is 28.0 Å². The quantitative estimate of drug-likeness (QED) is 0.732. The van der Waals surface area contributed by atoms with Gasteiger partial charge in [-0.05, 0) is 49.2 Å². The van der Waals surface area contributed by atoms with Gasteiger partial charge in [0.05, 0.1) is 6.20 Å². The molecule has 3 aromatic rings. The first-order valence-electron chi connectivity index (χ1n) is 7.04. The Labute approximate surface area is 139 Å². The van der Waals surface area contributed by atoms with Crippen LogP contribution in [0.15, 0.2) is 48.7 Å². The fraction of sp³-hybridized carbons (Fsp3) is 0.176. The minimum Gasteiger partial charge on any atom is -0.365 e. The van der Waals surface area contributed by atoms with Crippen LogP contribution in [-0.2, 0) is 6.42 Å². The summed E-state index contributed by atoms with van der Waals surface area (Å²) >= 11 is 12.0. The lowest BCUT2D eigenvalue weighted by atomic mass is 10.1. The average Bonchev–Trinajstić information content (AvgIpc) is 2.47. The minimum atomic E-state index is 0.203. The molecule has 1 heterocycles. The summed E-state index contributed by atoms with van der Waals surface area (Å²) in [5, 5.41) is 15.1. The molecule has 0 radical (unpaired) electrons. The van der Waals surface area contributed by atoms with Gasteiger partial charge in [0.15, 0.2) is 5.82 Å². The predicted octanol–water partition coefficient (Wildman–Crippen LogP) is 4.98. The predicted molar refractivity (Wildman–Crippen MR) is 92.8 cm³/mol. The monoisotopic (exact) mass is 331 g/mol. The lowest BCUT2D eigenvalue weighted by molar-refractivity contribution is 0.781. The summed E-state index contributed by atoms with van der Waals surface area (Å²) in [7, 11) is 0. The van der Waals surface area contributed by atoms with Gasteiger partial charge in [0.25, 0.3) is 0 Å². The number of nitrogens with zero attached hydrogens (tertiary/aromatic N) is 2. The molecule has 2 aromatic carbocycles. The maximum Gasteiger partial charge on any atom is 0.156 e. The molecule has 112 valence electrons. The van der Waals surface area contributed by atoms with E-state index in [4.69, 9.17) is 23.2 Å². The van der Waals surface area contributed by atoms with Crippen molar-refractivity contribution in [3.63, 3.8) is 0 Å². The van der Waals surface area contributed by atoms with Gasteiger partial charge in [-0.15, -0.1) is 5.10 Å². The highest BCUT2D eigenvalue weighted by molar-refractivity contribution is 6.31. The molecule has 0 amide bonds. The van der Waals surface area contributed by atoms with Gasteiger partial charge in [-0.25, -0.2) is 0 Å². The van der Waals surface area contributed by atoms with Gasteiger partial charge in [-0.2, -0.15) is 5.10 Å².